The molecule has 9 heteroatoms. The van der Waals surface area contributed by atoms with Crippen LogP contribution in [0.1, 0.15) is 18.5 Å². The SMILES string of the molecule is CC(NC(=O)CN(C)CC(=O)Nc1ccc(F)c(F)c1F)c1ccc(Br)cc1. The van der Waals surface area contributed by atoms with Gasteiger partial charge in [0.25, 0.3) is 0 Å². The maximum absolute atomic E-state index is 13.6. The van der Waals surface area contributed by atoms with Crippen molar-refractivity contribution >= 4 is 33.4 Å². The van der Waals surface area contributed by atoms with E-state index in [-0.39, 0.29) is 25.0 Å². The molecule has 0 bridgehead atoms. The molecule has 0 aliphatic carbocycles. The second kappa shape index (κ2) is 9.70. The molecular weight excluding hydrogens is 439 g/mol. The number of nitrogens with zero attached hydrogens (tertiary/aromatic N) is 1. The molecule has 1 atom stereocenters. The number of hydrogen-bond acceptors (Lipinski definition) is 3. The number of nitrogens with one attached hydrogen (secondary N) is 2. The molecule has 0 spiro atoms. The van der Waals surface area contributed by atoms with Crippen LogP contribution < -0.4 is 10.6 Å². The Labute approximate surface area is 169 Å². The van der Waals surface area contributed by atoms with E-state index in [0.29, 0.717) is 6.07 Å². The highest BCUT2D eigenvalue weighted by molar-refractivity contribution is 9.10. The molecule has 1 unspecified atom stereocenters. The molecule has 0 saturated carbocycles. The van der Waals surface area contributed by atoms with Crippen LogP contribution in [0.2, 0.25) is 0 Å². The average Bonchev–Trinajstić information content (AvgIpc) is 2.62. The van der Waals surface area contributed by atoms with Gasteiger partial charge in [-0.3, -0.25) is 14.5 Å². The van der Waals surface area contributed by atoms with Gasteiger partial charge >= 0.3 is 0 Å². The lowest BCUT2D eigenvalue weighted by Gasteiger charge is -2.19. The quantitative estimate of drug-likeness (QED) is 0.624. The van der Waals surface area contributed by atoms with Crippen molar-refractivity contribution < 1.29 is 22.8 Å². The van der Waals surface area contributed by atoms with E-state index < -0.39 is 29.0 Å². The summed E-state index contributed by atoms with van der Waals surface area (Å²) in [6.07, 6.45) is 0. The minimum Gasteiger partial charge on any atom is -0.348 e. The zero-order valence-corrected chi connectivity index (χ0v) is 16.8. The Morgan fingerprint density at radius 1 is 1.00 bits per heavy atom. The van der Waals surface area contributed by atoms with Crippen LogP contribution in [-0.2, 0) is 9.59 Å². The summed E-state index contributed by atoms with van der Waals surface area (Å²) in [4.78, 5) is 25.5. The molecule has 2 aromatic rings. The van der Waals surface area contributed by atoms with Crippen LogP contribution in [-0.4, -0.2) is 36.9 Å². The number of amides is 2. The zero-order chi connectivity index (χ0) is 20.8. The van der Waals surface area contributed by atoms with Crippen LogP contribution in [0.25, 0.3) is 0 Å². The van der Waals surface area contributed by atoms with Crippen LogP contribution in [0.4, 0.5) is 18.9 Å². The number of benzene rings is 2. The molecule has 2 rings (SSSR count). The molecule has 150 valence electrons. The first kappa shape index (κ1) is 21.9. The molecule has 0 heterocycles. The monoisotopic (exact) mass is 457 g/mol. The summed E-state index contributed by atoms with van der Waals surface area (Å²) in [5.74, 6) is -5.44. The van der Waals surface area contributed by atoms with Crippen LogP contribution in [0.3, 0.4) is 0 Å². The van der Waals surface area contributed by atoms with Gasteiger partial charge < -0.3 is 10.6 Å². The van der Waals surface area contributed by atoms with Gasteiger partial charge in [0.2, 0.25) is 11.8 Å². The Morgan fingerprint density at radius 3 is 2.25 bits per heavy atom. The van der Waals surface area contributed by atoms with E-state index in [4.69, 9.17) is 0 Å². The van der Waals surface area contributed by atoms with Crippen molar-refractivity contribution in [3.8, 4) is 0 Å². The van der Waals surface area contributed by atoms with Gasteiger partial charge in [-0.2, -0.15) is 0 Å². The molecule has 2 N–H and O–H groups in total. The number of anilines is 1. The number of hydrogen-bond donors (Lipinski definition) is 2. The molecule has 0 fully saturated rings. The summed E-state index contributed by atoms with van der Waals surface area (Å²) in [7, 11) is 1.53. The highest BCUT2D eigenvalue weighted by atomic mass is 79.9. The number of carbonyl (C=O) groups is 2. The number of likely N-dealkylation sites (N-methyl/N-ethyl adjacent to an activating group) is 1. The van der Waals surface area contributed by atoms with Gasteiger partial charge in [-0.15, -0.1) is 0 Å². The molecule has 2 aromatic carbocycles. The lowest BCUT2D eigenvalue weighted by atomic mass is 10.1. The van der Waals surface area contributed by atoms with Crippen molar-refractivity contribution in [2.24, 2.45) is 0 Å². The van der Waals surface area contributed by atoms with Gasteiger partial charge in [-0.05, 0) is 43.8 Å². The molecule has 28 heavy (non-hydrogen) atoms. The topological polar surface area (TPSA) is 61.4 Å². The maximum Gasteiger partial charge on any atom is 0.238 e. The number of rotatable bonds is 7. The van der Waals surface area contributed by atoms with Gasteiger partial charge in [0.1, 0.15) is 0 Å². The van der Waals surface area contributed by atoms with Gasteiger partial charge in [-0.25, -0.2) is 13.2 Å². The summed E-state index contributed by atoms with van der Waals surface area (Å²) in [6.45, 7) is 1.52. The molecule has 2 amide bonds. The fraction of sp³-hybridized carbons (Fsp3) is 0.263. The fourth-order valence-corrected chi connectivity index (χ4v) is 2.74. The van der Waals surface area contributed by atoms with E-state index in [1.807, 2.05) is 31.2 Å². The van der Waals surface area contributed by atoms with Gasteiger partial charge in [-0.1, -0.05) is 28.1 Å². The van der Waals surface area contributed by atoms with Crippen LogP contribution in [0, 0.1) is 17.5 Å². The van der Waals surface area contributed by atoms with E-state index in [0.717, 1.165) is 16.1 Å². The van der Waals surface area contributed by atoms with Gasteiger partial charge in [0, 0.05) is 4.47 Å². The van der Waals surface area contributed by atoms with Crippen molar-refractivity contribution in [2.75, 3.05) is 25.5 Å². The Kier molecular flexibility index (Phi) is 7.59. The lowest BCUT2D eigenvalue weighted by molar-refractivity contribution is -0.123. The van der Waals surface area contributed by atoms with E-state index in [1.54, 1.807) is 0 Å². The standard InChI is InChI=1S/C19H19BrF3N3O2/c1-11(12-3-5-13(20)6-4-12)24-16(27)9-26(2)10-17(28)25-15-8-7-14(21)18(22)19(15)23/h3-8,11H,9-10H2,1-2H3,(H,24,27)(H,25,28). The van der Waals surface area contributed by atoms with E-state index in [1.165, 1.54) is 11.9 Å². The molecule has 0 radical (unpaired) electrons. The van der Waals surface area contributed by atoms with Crippen LogP contribution in [0.15, 0.2) is 40.9 Å². The number of carbonyl (C=O) groups excluding carboxylic acids is 2. The summed E-state index contributed by atoms with van der Waals surface area (Å²) in [5.41, 5.74) is 0.455. The van der Waals surface area contributed by atoms with Crippen LogP contribution in [0.5, 0.6) is 0 Å². The highest BCUT2D eigenvalue weighted by Crippen LogP contribution is 2.19. The third-order valence-electron chi connectivity index (χ3n) is 3.88. The molecule has 0 aliphatic heterocycles. The molecular formula is C19H19BrF3N3O2. The summed E-state index contributed by atoms with van der Waals surface area (Å²) in [5, 5.41) is 4.97. The third kappa shape index (κ3) is 6.07. The van der Waals surface area contributed by atoms with Crippen molar-refractivity contribution in [1.29, 1.82) is 0 Å². The van der Waals surface area contributed by atoms with Crippen molar-refractivity contribution in [2.45, 2.75) is 13.0 Å². The van der Waals surface area contributed by atoms with Crippen molar-refractivity contribution in [1.82, 2.24) is 10.2 Å². The van der Waals surface area contributed by atoms with Crippen LogP contribution >= 0.6 is 15.9 Å². The average molecular weight is 458 g/mol. The normalized spacial score (nSPS) is 12.0. The number of halogens is 4. The zero-order valence-electron chi connectivity index (χ0n) is 15.2. The minimum absolute atomic E-state index is 0.0749. The molecule has 5 nitrogen and oxygen atoms in total. The van der Waals surface area contributed by atoms with E-state index in [2.05, 4.69) is 26.6 Å². The second-order valence-electron chi connectivity index (χ2n) is 6.28. The third-order valence-corrected chi connectivity index (χ3v) is 4.41. The Bertz CT molecular complexity index is 862. The Hall–Kier alpha value is -2.39. The Morgan fingerprint density at radius 2 is 1.61 bits per heavy atom. The fourth-order valence-electron chi connectivity index (χ4n) is 2.48. The predicted molar refractivity (Wildman–Crippen MR) is 103 cm³/mol. The van der Waals surface area contributed by atoms with Crippen molar-refractivity contribution in [3.63, 3.8) is 0 Å². The lowest BCUT2D eigenvalue weighted by Crippen LogP contribution is -2.39. The molecule has 0 saturated heterocycles. The molecule has 0 aromatic heterocycles. The first-order valence-corrected chi connectivity index (χ1v) is 9.13. The Balaban J connectivity index is 1.84. The predicted octanol–water partition coefficient (Wildman–Crippen LogP) is 3.61. The smallest absolute Gasteiger partial charge is 0.238 e. The summed E-state index contributed by atoms with van der Waals surface area (Å²) >= 11 is 3.34. The summed E-state index contributed by atoms with van der Waals surface area (Å²) in [6, 6.07) is 8.91. The van der Waals surface area contributed by atoms with Crippen molar-refractivity contribution in [3.05, 3.63) is 63.9 Å². The van der Waals surface area contributed by atoms with E-state index >= 15 is 0 Å². The second-order valence-corrected chi connectivity index (χ2v) is 7.20. The largest absolute Gasteiger partial charge is 0.348 e. The van der Waals surface area contributed by atoms with E-state index in [9.17, 15) is 22.8 Å². The first-order chi connectivity index (χ1) is 13.2. The first-order valence-electron chi connectivity index (χ1n) is 8.34. The molecule has 0 aliphatic rings. The maximum atomic E-state index is 13.6. The highest BCUT2D eigenvalue weighted by Gasteiger charge is 2.17. The summed E-state index contributed by atoms with van der Waals surface area (Å²) < 4.78 is 40.6. The van der Waals surface area contributed by atoms with Gasteiger partial charge in [0.05, 0.1) is 24.8 Å². The minimum atomic E-state index is -1.66. The van der Waals surface area contributed by atoms with Gasteiger partial charge in [0.15, 0.2) is 17.5 Å².